The molecule has 0 saturated carbocycles. The molecule has 2 N–H and O–H groups in total. The van der Waals surface area contributed by atoms with E-state index in [-0.39, 0.29) is 5.56 Å². The predicted octanol–water partition coefficient (Wildman–Crippen LogP) is 6.70. The molecule has 0 aliphatic carbocycles. The van der Waals surface area contributed by atoms with Crippen molar-refractivity contribution in [2.24, 2.45) is 0 Å². The fourth-order valence-corrected chi connectivity index (χ4v) is 3.78. The van der Waals surface area contributed by atoms with Crippen molar-refractivity contribution in [2.75, 3.05) is 11.9 Å². The highest BCUT2D eigenvalue weighted by atomic mass is 79.9. The normalized spacial score (nSPS) is 10.6. The number of carbonyl (C=O) groups is 1. The van der Waals surface area contributed by atoms with Crippen molar-refractivity contribution in [3.05, 3.63) is 86.3 Å². The highest BCUT2D eigenvalue weighted by Crippen LogP contribution is 2.38. The Bertz CT molecular complexity index is 1070. The van der Waals surface area contributed by atoms with Crippen LogP contribution >= 0.6 is 27.5 Å². The van der Waals surface area contributed by atoms with E-state index in [9.17, 15) is 4.79 Å². The standard InChI is InChI=1S/C24H23BrClNO4/c1-3-30-22-12-17(13-27-21-9-6-18(24(28)29)10-15(21)2)11-20(25)23(22)31-14-16-4-7-19(26)8-5-16/h4-12,27H,3,13-14H2,1-2H3,(H,28,29). The van der Waals surface area contributed by atoms with Crippen molar-refractivity contribution >= 4 is 39.2 Å². The first-order chi connectivity index (χ1) is 14.9. The van der Waals surface area contributed by atoms with Crippen molar-refractivity contribution < 1.29 is 19.4 Å². The summed E-state index contributed by atoms with van der Waals surface area (Å²) in [6.07, 6.45) is 0. The number of ether oxygens (including phenoxy) is 2. The molecule has 162 valence electrons. The summed E-state index contributed by atoms with van der Waals surface area (Å²) < 4.78 is 12.6. The molecule has 0 atom stereocenters. The minimum Gasteiger partial charge on any atom is -0.490 e. The second kappa shape index (κ2) is 10.6. The van der Waals surface area contributed by atoms with E-state index >= 15 is 0 Å². The summed E-state index contributed by atoms with van der Waals surface area (Å²) in [6, 6.07) is 16.5. The molecule has 0 saturated heterocycles. The maximum atomic E-state index is 11.1. The van der Waals surface area contributed by atoms with Crippen molar-refractivity contribution in [3.8, 4) is 11.5 Å². The van der Waals surface area contributed by atoms with Crippen molar-refractivity contribution in [1.82, 2.24) is 0 Å². The van der Waals surface area contributed by atoms with Gasteiger partial charge in [0.05, 0.1) is 16.6 Å². The number of nitrogens with one attached hydrogen (secondary N) is 1. The largest absolute Gasteiger partial charge is 0.490 e. The van der Waals surface area contributed by atoms with Gasteiger partial charge in [-0.2, -0.15) is 0 Å². The van der Waals surface area contributed by atoms with E-state index in [2.05, 4.69) is 21.2 Å². The Labute approximate surface area is 195 Å². The SMILES string of the molecule is CCOc1cc(CNc2ccc(C(=O)O)cc2C)cc(Br)c1OCc1ccc(Cl)cc1. The van der Waals surface area contributed by atoms with E-state index in [1.54, 1.807) is 18.2 Å². The lowest BCUT2D eigenvalue weighted by Gasteiger charge is -2.17. The Morgan fingerprint density at radius 2 is 1.81 bits per heavy atom. The van der Waals surface area contributed by atoms with E-state index in [4.69, 9.17) is 26.2 Å². The van der Waals surface area contributed by atoms with Gasteiger partial charge in [-0.3, -0.25) is 0 Å². The van der Waals surface area contributed by atoms with Gasteiger partial charge < -0.3 is 19.9 Å². The molecule has 3 rings (SSSR count). The van der Waals surface area contributed by atoms with E-state index in [0.29, 0.717) is 36.3 Å². The molecule has 3 aromatic rings. The van der Waals surface area contributed by atoms with Crippen LogP contribution in [0.1, 0.15) is 34.0 Å². The van der Waals surface area contributed by atoms with Gasteiger partial charge in [-0.1, -0.05) is 23.7 Å². The lowest BCUT2D eigenvalue weighted by Crippen LogP contribution is -2.05. The van der Waals surface area contributed by atoms with Crippen LogP contribution in [0.4, 0.5) is 5.69 Å². The van der Waals surface area contributed by atoms with Crippen molar-refractivity contribution in [1.29, 1.82) is 0 Å². The summed E-state index contributed by atoms with van der Waals surface area (Å²) in [4.78, 5) is 11.1. The van der Waals surface area contributed by atoms with Crippen LogP contribution in [-0.2, 0) is 13.2 Å². The molecular formula is C24H23BrClNO4. The number of carboxylic acids is 1. The molecule has 0 fully saturated rings. The fourth-order valence-electron chi connectivity index (χ4n) is 3.05. The number of aromatic carboxylic acids is 1. The summed E-state index contributed by atoms with van der Waals surface area (Å²) in [5, 5.41) is 13.2. The number of hydrogen-bond donors (Lipinski definition) is 2. The molecule has 3 aromatic carbocycles. The molecule has 0 spiro atoms. The first-order valence-corrected chi connectivity index (χ1v) is 10.9. The second-order valence-corrected chi connectivity index (χ2v) is 8.23. The maximum Gasteiger partial charge on any atom is 0.335 e. The summed E-state index contributed by atoms with van der Waals surface area (Å²) in [5.41, 5.74) is 4.02. The van der Waals surface area contributed by atoms with Gasteiger partial charge in [0.15, 0.2) is 11.5 Å². The average Bonchev–Trinajstić information content (AvgIpc) is 2.73. The Morgan fingerprint density at radius 1 is 1.06 bits per heavy atom. The van der Waals surface area contributed by atoms with Crippen LogP contribution in [0.25, 0.3) is 0 Å². The van der Waals surface area contributed by atoms with Crippen LogP contribution in [-0.4, -0.2) is 17.7 Å². The molecular weight excluding hydrogens is 482 g/mol. The summed E-state index contributed by atoms with van der Waals surface area (Å²) in [7, 11) is 0. The Kier molecular flexibility index (Phi) is 7.82. The lowest BCUT2D eigenvalue weighted by atomic mass is 10.1. The molecule has 0 aliphatic rings. The molecule has 0 radical (unpaired) electrons. The zero-order valence-electron chi connectivity index (χ0n) is 17.2. The Morgan fingerprint density at radius 3 is 2.45 bits per heavy atom. The van der Waals surface area contributed by atoms with Gasteiger partial charge in [0.1, 0.15) is 6.61 Å². The van der Waals surface area contributed by atoms with Crippen molar-refractivity contribution in [2.45, 2.75) is 27.0 Å². The van der Waals surface area contributed by atoms with E-state index in [1.165, 1.54) is 0 Å². The quantitative estimate of drug-likeness (QED) is 0.339. The zero-order chi connectivity index (χ0) is 22.4. The fraction of sp³-hybridized carbons (Fsp3) is 0.208. The third-order valence-corrected chi connectivity index (χ3v) is 5.46. The molecule has 0 aliphatic heterocycles. The average molecular weight is 505 g/mol. The van der Waals surface area contributed by atoms with Crippen LogP contribution in [0, 0.1) is 6.92 Å². The molecule has 31 heavy (non-hydrogen) atoms. The van der Waals surface area contributed by atoms with Gasteiger partial charge in [-0.05, 0) is 88.9 Å². The maximum absolute atomic E-state index is 11.1. The first-order valence-electron chi connectivity index (χ1n) is 9.77. The highest BCUT2D eigenvalue weighted by molar-refractivity contribution is 9.10. The molecule has 7 heteroatoms. The molecule has 0 aromatic heterocycles. The van der Waals surface area contributed by atoms with Crippen LogP contribution in [0.3, 0.4) is 0 Å². The van der Waals surface area contributed by atoms with Gasteiger partial charge in [-0.15, -0.1) is 0 Å². The van der Waals surface area contributed by atoms with E-state index < -0.39 is 5.97 Å². The predicted molar refractivity (Wildman–Crippen MR) is 127 cm³/mol. The minimum atomic E-state index is -0.936. The number of carboxylic acid groups (broad SMARTS) is 1. The lowest BCUT2D eigenvalue weighted by molar-refractivity contribution is 0.0697. The van der Waals surface area contributed by atoms with E-state index in [1.807, 2.05) is 50.2 Å². The minimum absolute atomic E-state index is 0.270. The molecule has 0 heterocycles. The first kappa shape index (κ1) is 23.0. The third-order valence-electron chi connectivity index (χ3n) is 4.62. The number of hydrogen-bond acceptors (Lipinski definition) is 4. The highest BCUT2D eigenvalue weighted by Gasteiger charge is 2.13. The van der Waals surface area contributed by atoms with Crippen LogP contribution in [0.15, 0.2) is 59.1 Å². The van der Waals surface area contributed by atoms with Crippen LogP contribution in [0.2, 0.25) is 5.02 Å². The van der Waals surface area contributed by atoms with Gasteiger partial charge in [0.2, 0.25) is 0 Å². The molecule has 0 unspecified atom stereocenters. The monoisotopic (exact) mass is 503 g/mol. The van der Waals surface area contributed by atoms with Gasteiger partial charge in [0, 0.05) is 17.3 Å². The second-order valence-electron chi connectivity index (χ2n) is 6.94. The number of anilines is 1. The van der Waals surface area contributed by atoms with Crippen LogP contribution < -0.4 is 14.8 Å². The van der Waals surface area contributed by atoms with E-state index in [0.717, 1.165) is 26.9 Å². The summed E-state index contributed by atoms with van der Waals surface area (Å²) in [5.74, 6) is 0.359. The smallest absolute Gasteiger partial charge is 0.335 e. The number of halogens is 2. The third kappa shape index (κ3) is 6.15. The number of aryl methyl sites for hydroxylation is 1. The molecule has 5 nitrogen and oxygen atoms in total. The summed E-state index contributed by atoms with van der Waals surface area (Å²) >= 11 is 9.54. The van der Waals surface area contributed by atoms with Crippen molar-refractivity contribution in [3.63, 3.8) is 0 Å². The topological polar surface area (TPSA) is 67.8 Å². The Balaban J connectivity index is 1.74. The Hall–Kier alpha value is -2.70. The number of rotatable bonds is 9. The van der Waals surface area contributed by atoms with Gasteiger partial charge in [0.25, 0.3) is 0 Å². The van der Waals surface area contributed by atoms with Gasteiger partial charge in [-0.25, -0.2) is 4.79 Å². The summed E-state index contributed by atoms with van der Waals surface area (Å²) in [6.45, 7) is 5.25. The molecule has 0 amide bonds. The zero-order valence-corrected chi connectivity index (χ0v) is 19.6. The number of benzene rings is 3. The molecule has 0 bridgehead atoms. The van der Waals surface area contributed by atoms with Gasteiger partial charge >= 0.3 is 5.97 Å². The van der Waals surface area contributed by atoms with Crippen LogP contribution in [0.5, 0.6) is 11.5 Å².